The maximum absolute atomic E-state index is 12.4. The number of aromatic nitrogens is 2. The van der Waals surface area contributed by atoms with Crippen LogP contribution in [0.25, 0.3) is 17.3 Å². The summed E-state index contributed by atoms with van der Waals surface area (Å²) in [6.45, 7) is 3.73. The van der Waals surface area contributed by atoms with Crippen LogP contribution in [-0.4, -0.2) is 20.9 Å². The van der Waals surface area contributed by atoms with Crippen molar-refractivity contribution >= 4 is 23.6 Å². The maximum Gasteiger partial charge on any atom is 0.335 e. The third-order valence-corrected chi connectivity index (χ3v) is 4.58. The summed E-state index contributed by atoms with van der Waals surface area (Å²) >= 11 is 0. The first-order valence-corrected chi connectivity index (χ1v) is 8.47. The van der Waals surface area contributed by atoms with Gasteiger partial charge in [0, 0.05) is 17.4 Å². The number of nitrogens with zero attached hydrogens (tertiary/aromatic N) is 2. The average Bonchev–Trinajstić information content (AvgIpc) is 3.04. The Hall–Kier alpha value is -3.67. The molecule has 4 rings (SSSR count). The number of aromatic amines is 1. The van der Waals surface area contributed by atoms with Gasteiger partial charge in [0.15, 0.2) is 0 Å². The highest BCUT2D eigenvalue weighted by atomic mass is 16.3. The van der Waals surface area contributed by atoms with Crippen molar-refractivity contribution in [3.63, 3.8) is 0 Å². The Morgan fingerprint density at radius 2 is 1.89 bits per heavy atom. The van der Waals surface area contributed by atoms with Gasteiger partial charge in [-0.05, 0) is 43.2 Å². The molecule has 2 aromatic carbocycles. The Morgan fingerprint density at radius 3 is 2.70 bits per heavy atom. The van der Waals surface area contributed by atoms with Crippen molar-refractivity contribution in [2.24, 2.45) is 4.99 Å². The maximum atomic E-state index is 12.4. The van der Waals surface area contributed by atoms with E-state index in [4.69, 9.17) is 0 Å². The lowest BCUT2D eigenvalue weighted by Crippen LogP contribution is -2.30. The highest BCUT2D eigenvalue weighted by molar-refractivity contribution is 6.21. The van der Waals surface area contributed by atoms with Crippen LogP contribution in [0.3, 0.4) is 0 Å². The van der Waals surface area contributed by atoms with Crippen molar-refractivity contribution in [2.75, 3.05) is 0 Å². The molecule has 6 heteroatoms. The van der Waals surface area contributed by atoms with Crippen LogP contribution >= 0.6 is 0 Å². The summed E-state index contributed by atoms with van der Waals surface area (Å²) in [6.07, 6.45) is 3.18. The van der Waals surface area contributed by atoms with E-state index in [0.717, 1.165) is 26.9 Å². The molecular formula is C21H17N3O3. The van der Waals surface area contributed by atoms with E-state index in [1.165, 1.54) is 0 Å². The molecule has 0 aliphatic carbocycles. The summed E-state index contributed by atoms with van der Waals surface area (Å²) in [7, 11) is 0. The van der Waals surface area contributed by atoms with E-state index in [0.29, 0.717) is 11.3 Å². The molecule has 0 saturated carbocycles. The second kappa shape index (κ2) is 6.25. The summed E-state index contributed by atoms with van der Waals surface area (Å²) in [4.78, 5) is 31.4. The predicted molar refractivity (Wildman–Crippen MR) is 106 cm³/mol. The standard InChI is InChI=1S/C21H17N3O3/c1-12-7-8-13(2)18(9-12)24-20(26)16(19(25)23-21(24)27)10-14-11-22-17-6-4-3-5-15(14)17/h3-11,26H,1-2H3,(H,23,25,27)/b14-10+. The minimum atomic E-state index is -0.686. The van der Waals surface area contributed by atoms with E-state index in [2.05, 4.69) is 9.98 Å². The zero-order valence-electron chi connectivity index (χ0n) is 14.9. The number of aromatic hydroxyl groups is 1. The number of nitrogens with one attached hydrogen (secondary N) is 1. The van der Waals surface area contributed by atoms with Crippen LogP contribution in [0.4, 0.5) is 5.69 Å². The van der Waals surface area contributed by atoms with Crippen molar-refractivity contribution < 1.29 is 5.11 Å². The lowest BCUT2D eigenvalue weighted by atomic mass is 10.1. The van der Waals surface area contributed by atoms with Crippen molar-refractivity contribution in [2.45, 2.75) is 13.8 Å². The van der Waals surface area contributed by atoms with Crippen molar-refractivity contribution in [1.29, 1.82) is 0 Å². The Labute approximate surface area is 154 Å². The summed E-state index contributed by atoms with van der Waals surface area (Å²) in [5, 5.41) is 10.8. The van der Waals surface area contributed by atoms with Gasteiger partial charge >= 0.3 is 5.69 Å². The molecule has 1 aliphatic heterocycles. The summed E-state index contributed by atoms with van der Waals surface area (Å²) < 4.78 is 1.12. The number of hydrogen-bond donors (Lipinski definition) is 2. The molecule has 3 aromatic rings. The first-order chi connectivity index (χ1) is 13.0. The normalized spacial score (nSPS) is 13.9. The Balaban J connectivity index is 1.96. The number of aliphatic imine (C=N–C) groups is 1. The largest absolute Gasteiger partial charge is 0.494 e. The van der Waals surface area contributed by atoms with Crippen molar-refractivity contribution in [3.8, 4) is 11.6 Å². The summed E-state index contributed by atoms with van der Waals surface area (Å²) in [6, 6.07) is 13.1. The van der Waals surface area contributed by atoms with Crippen LogP contribution in [0.2, 0.25) is 0 Å². The van der Waals surface area contributed by atoms with Crippen molar-refractivity contribution in [1.82, 2.24) is 9.55 Å². The minimum absolute atomic E-state index is 0.00802. The van der Waals surface area contributed by atoms with Gasteiger partial charge in [0.25, 0.3) is 5.56 Å². The van der Waals surface area contributed by atoms with E-state index in [9.17, 15) is 14.7 Å². The molecule has 0 spiro atoms. The monoisotopic (exact) mass is 359 g/mol. The molecule has 0 fully saturated rings. The van der Waals surface area contributed by atoms with E-state index >= 15 is 0 Å². The molecule has 2 heterocycles. The van der Waals surface area contributed by atoms with Crippen LogP contribution in [0.5, 0.6) is 5.88 Å². The summed E-state index contributed by atoms with van der Waals surface area (Å²) in [5.74, 6) is -0.400. The molecule has 0 amide bonds. The van der Waals surface area contributed by atoms with Crippen LogP contribution in [0.1, 0.15) is 22.3 Å². The van der Waals surface area contributed by atoms with Gasteiger partial charge in [-0.1, -0.05) is 30.3 Å². The number of aryl methyl sites for hydroxylation is 2. The zero-order valence-corrected chi connectivity index (χ0v) is 14.9. The molecule has 6 nitrogen and oxygen atoms in total. The third-order valence-electron chi connectivity index (χ3n) is 4.58. The molecule has 0 saturated heterocycles. The predicted octanol–water partition coefficient (Wildman–Crippen LogP) is 3.10. The number of allylic oxidation sites excluding steroid dienone is 1. The van der Waals surface area contributed by atoms with Gasteiger partial charge in [-0.3, -0.25) is 14.8 Å². The highest BCUT2D eigenvalue weighted by Gasteiger charge is 2.18. The first-order valence-electron chi connectivity index (χ1n) is 8.47. The molecule has 1 aliphatic rings. The van der Waals surface area contributed by atoms with Gasteiger partial charge < -0.3 is 5.11 Å². The van der Waals surface area contributed by atoms with Crippen LogP contribution in [0, 0.1) is 13.8 Å². The molecule has 134 valence electrons. The van der Waals surface area contributed by atoms with E-state index in [1.54, 1.807) is 18.4 Å². The Bertz CT molecular complexity index is 1250. The second-order valence-electron chi connectivity index (χ2n) is 6.50. The minimum Gasteiger partial charge on any atom is -0.494 e. The number of H-pyrrole nitrogens is 1. The van der Waals surface area contributed by atoms with Gasteiger partial charge in [-0.15, -0.1) is 0 Å². The number of fused-ring (bicyclic) bond motifs is 1. The van der Waals surface area contributed by atoms with Gasteiger partial charge in [0.05, 0.1) is 11.4 Å². The highest BCUT2D eigenvalue weighted by Crippen LogP contribution is 2.33. The average molecular weight is 359 g/mol. The number of hydrogen-bond acceptors (Lipinski definition) is 4. The fourth-order valence-corrected chi connectivity index (χ4v) is 3.16. The van der Waals surface area contributed by atoms with Gasteiger partial charge in [0.2, 0.25) is 5.88 Å². The zero-order chi connectivity index (χ0) is 19.1. The van der Waals surface area contributed by atoms with Crippen LogP contribution < -0.4 is 11.2 Å². The Morgan fingerprint density at radius 1 is 1.11 bits per heavy atom. The second-order valence-corrected chi connectivity index (χ2v) is 6.50. The lowest BCUT2D eigenvalue weighted by molar-refractivity contribution is 0.429. The SMILES string of the molecule is Cc1ccc(C)c(-n2c(O)c(/C=C3\C=Nc4ccccc43)c(=O)[nH]c2=O)c1. The molecule has 1 aromatic heterocycles. The molecule has 27 heavy (non-hydrogen) atoms. The van der Waals surface area contributed by atoms with E-state index in [1.807, 2.05) is 50.2 Å². The molecular weight excluding hydrogens is 342 g/mol. The fraction of sp³-hybridized carbons (Fsp3) is 0.0952. The van der Waals surface area contributed by atoms with Crippen molar-refractivity contribution in [3.05, 3.63) is 85.6 Å². The first kappa shape index (κ1) is 16.8. The van der Waals surface area contributed by atoms with Gasteiger partial charge in [0.1, 0.15) is 5.56 Å². The van der Waals surface area contributed by atoms with E-state index in [-0.39, 0.29) is 5.56 Å². The summed E-state index contributed by atoms with van der Waals surface area (Å²) in [5.41, 5.74) is 3.28. The number of para-hydroxylation sites is 1. The van der Waals surface area contributed by atoms with Gasteiger partial charge in [-0.2, -0.15) is 0 Å². The molecule has 0 unspecified atom stereocenters. The van der Waals surface area contributed by atoms with Crippen LogP contribution in [0.15, 0.2) is 57.0 Å². The fourth-order valence-electron chi connectivity index (χ4n) is 3.16. The molecule has 2 N–H and O–H groups in total. The number of benzene rings is 2. The Kier molecular flexibility index (Phi) is 3.88. The quantitative estimate of drug-likeness (QED) is 0.737. The number of rotatable bonds is 2. The van der Waals surface area contributed by atoms with E-state index < -0.39 is 17.1 Å². The molecule has 0 radical (unpaired) electrons. The molecule has 0 bridgehead atoms. The smallest absolute Gasteiger partial charge is 0.335 e. The van der Waals surface area contributed by atoms with Gasteiger partial charge in [-0.25, -0.2) is 9.36 Å². The van der Waals surface area contributed by atoms with Crippen LogP contribution in [-0.2, 0) is 0 Å². The molecule has 0 atom stereocenters. The third kappa shape index (κ3) is 2.81. The topological polar surface area (TPSA) is 87.4 Å². The lowest BCUT2D eigenvalue weighted by Gasteiger charge is -2.13.